The zero-order chi connectivity index (χ0) is 16.4. The monoisotopic (exact) mass is 349 g/mol. The van der Waals surface area contributed by atoms with Crippen LogP contribution in [0.2, 0.25) is 5.02 Å². The lowest BCUT2D eigenvalue weighted by Crippen LogP contribution is -2.34. The van der Waals surface area contributed by atoms with E-state index in [1.165, 1.54) is 11.3 Å². The third kappa shape index (κ3) is 3.74. The van der Waals surface area contributed by atoms with Crippen molar-refractivity contribution in [2.24, 2.45) is 0 Å². The molecule has 3 rings (SSSR count). The van der Waals surface area contributed by atoms with Crippen LogP contribution < -0.4 is 0 Å². The molecule has 0 saturated carbocycles. The first-order valence-electron chi connectivity index (χ1n) is 7.76. The van der Waals surface area contributed by atoms with Crippen LogP contribution in [0.4, 0.5) is 0 Å². The number of nitrogens with zero attached hydrogens (tertiary/aromatic N) is 3. The Hall–Kier alpha value is -1.43. The van der Waals surface area contributed by atoms with Crippen LogP contribution >= 0.6 is 22.9 Å². The minimum atomic E-state index is 0.101. The minimum Gasteiger partial charge on any atom is -0.337 e. The summed E-state index contributed by atoms with van der Waals surface area (Å²) in [4.78, 5) is 22.4. The van der Waals surface area contributed by atoms with Crippen LogP contribution in [0.5, 0.6) is 0 Å². The van der Waals surface area contributed by atoms with Crippen molar-refractivity contribution in [3.05, 3.63) is 39.9 Å². The molecular weight excluding hydrogens is 330 g/mol. The summed E-state index contributed by atoms with van der Waals surface area (Å²) in [6.07, 6.45) is 1.02. The molecule has 1 aliphatic rings. The van der Waals surface area contributed by atoms with E-state index in [9.17, 15) is 4.79 Å². The predicted molar refractivity (Wildman–Crippen MR) is 95.3 cm³/mol. The number of rotatable bonds is 2. The summed E-state index contributed by atoms with van der Waals surface area (Å²) in [5.74, 6) is 0.101. The third-order valence-corrected chi connectivity index (χ3v) is 5.50. The normalized spacial score (nSPS) is 16.4. The van der Waals surface area contributed by atoms with Gasteiger partial charge in [-0.25, -0.2) is 4.98 Å². The van der Waals surface area contributed by atoms with Gasteiger partial charge in [0.05, 0.1) is 5.69 Å². The average Bonchev–Trinajstić information content (AvgIpc) is 2.78. The molecule has 0 N–H and O–H groups in total. The van der Waals surface area contributed by atoms with Crippen molar-refractivity contribution in [3.63, 3.8) is 0 Å². The number of halogens is 1. The number of carbonyl (C=O) groups is 1. The highest BCUT2D eigenvalue weighted by Crippen LogP contribution is 2.30. The molecule has 1 saturated heterocycles. The van der Waals surface area contributed by atoms with Gasteiger partial charge >= 0.3 is 0 Å². The van der Waals surface area contributed by atoms with Crippen molar-refractivity contribution in [1.82, 2.24) is 14.8 Å². The number of hydrogen-bond acceptors (Lipinski definition) is 4. The summed E-state index contributed by atoms with van der Waals surface area (Å²) in [5, 5.41) is 1.53. The molecule has 0 unspecified atom stereocenters. The van der Waals surface area contributed by atoms with Crippen molar-refractivity contribution in [3.8, 4) is 10.6 Å². The molecule has 4 nitrogen and oxygen atoms in total. The third-order valence-electron chi connectivity index (χ3n) is 4.07. The molecule has 1 aromatic carbocycles. The molecule has 1 amide bonds. The Morgan fingerprint density at radius 3 is 2.87 bits per heavy atom. The van der Waals surface area contributed by atoms with E-state index in [0.717, 1.165) is 53.7 Å². The van der Waals surface area contributed by atoms with Crippen molar-refractivity contribution < 1.29 is 4.79 Å². The number of aromatic nitrogens is 1. The van der Waals surface area contributed by atoms with Gasteiger partial charge in [-0.2, -0.15) is 0 Å². The zero-order valence-electron chi connectivity index (χ0n) is 13.4. The summed E-state index contributed by atoms with van der Waals surface area (Å²) in [6, 6.07) is 7.60. The van der Waals surface area contributed by atoms with E-state index in [4.69, 9.17) is 11.6 Å². The van der Waals surface area contributed by atoms with Crippen LogP contribution in [0.15, 0.2) is 24.3 Å². The molecule has 0 bridgehead atoms. The topological polar surface area (TPSA) is 36.4 Å². The quantitative estimate of drug-likeness (QED) is 0.832. The summed E-state index contributed by atoms with van der Waals surface area (Å²) in [7, 11) is 2.10. The van der Waals surface area contributed by atoms with Gasteiger partial charge in [0.2, 0.25) is 0 Å². The Bertz CT molecular complexity index is 716. The number of benzene rings is 1. The largest absolute Gasteiger partial charge is 0.337 e. The first-order chi connectivity index (χ1) is 11.0. The molecule has 1 aromatic heterocycles. The zero-order valence-corrected chi connectivity index (χ0v) is 15.0. The van der Waals surface area contributed by atoms with Crippen molar-refractivity contribution in [1.29, 1.82) is 0 Å². The molecule has 6 heteroatoms. The molecule has 0 atom stereocenters. The smallest absolute Gasteiger partial charge is 0.265 e. The molecule has 0 aliphatic carbocycles. The maximum absolute atomic E-state index is 12.8. The van der Waals surface area contributed by atoms with Gasteiger partial charge in [-0.1, -0.05) is 23.7 Å². The fraction of sp³-hybridized carbons (Fsp3) is 0.412. The first-order valence-corrected chi connectivity index (χ1v) is 8.95. The number of aryl methyl sites for hydroxylation is 1. The number of hydrogen-bond donors (Lipinski definition) is 0. The van der Waals surface area contributed by atoms with Gasteiger partial charge < -0.3 is 9.80 Å². The number of amides is 1. The van der Waals surface area contributed by atoms with Crippen LogP contribution in [0.25, 0.3) is 10.6 Å². The Balaban J connectivity index is 1.84. The lowest BCUT2D eigenvalue weighted by molar-refractivity contribution is 0.0766. The second kappa shape index (κ2) is 6.99. The Kier molecular flexibility index (Phi) is 4.99. The van der Waals surface area contributed by atoms with Crippen LogP contribution in [0, 0.1) is 6.92 Å². The fourth-order valence-electron chi connectivity index (χ4n) is 2.73. The van der Waals surface area contributed by atoms with Crippen molar-refractivity contribution in [2.45, 2.75) is 13.3 Å². The Morgan fingerprint density at radius 2 is 2.09 bits per heavy atom. The van der Waals surface area contributed by atoms with E-state index in [1.807, 2.05) is 36.1 Å². The first kappa shape index (κ1) is 16.4. The maximum atomic E-state index is 12.8. The summed E-state index contributed by atoms with van der Waals surface area (Å²) in [6.45, 7) is 5.46. The van der Waals surface area contributed by atoms with Crippen LogP contribution in [0.3, 0.4) is 0 Å². The molecule has 1 fully saturated rings. The molecular formula is C17H20ClN3OS. The van der Waals surface area contributed by atoms with Gasteiger partial charge in [-0.15, -0.1) is 11.3 Å². The van der Waals surface area contributed by atoms with E-state index < -0.39 is 0 Å². The van der Waals surface area contributed by atoms with Gasteiger partial charge in [0.1, 0.15) is 9.88 Å². The van der Waals surface area contributed by atoms with Crippen LogP contribution in [-0.2, 0) is 0 Å². The average molecular weight is 350 g/mol. The number of thiazole rings is 1. The molecule has 0 spiro atoms. The maximum Gasteiger partial charge on any atom is 0.265 e. The van der Waals surface area contributed by atoms with Gasteiger partial charge in [-0.05, 0) is 39.1 Å². The van der Waals surface area contributed by atoms with E-state index in [2.05, 4.69) is 16.9 Å². The second-order valence-corrected chi connectivity index (χ2v) is 7.33. The molecule has 2 heterocycles. The summed E-state index contributed by atoms with van der Waals surface area (Å²) in [5.41, 5.74) is 1.76. The Labute approximate surface area is 145 Å². The lowest BCUT2D eigenvalue weighted by atomic mass is 10.2. The molecule has 23 heavy (non-hydrogen) atoms. The highest BCUT2D eigenvalue weighted by atomic mass is 35.5. The molecule has 0 radical (unpaired) electrons. The highest BCUT2D eigenvalue weighted by Gasteiger charge is 2.23. The number of likely N-dealkylation sites (N-methyl/N-ethyl adjacent to an activating group) is 1. The van der Waals surface area contributed by atoms with E-state index in [-0.39, 0.29) is 5.91 Å². The highest BCUT2D eigenvalue weighted by molar-refractivity contribution is 7.17. The van der Waals surface area contributed by atoms with Crippen molar-refractivity contribution >= 4 is 28.8 Å². The molecule has 1 aliphatic heterocycles. The summed E-state index contributed by atoms with van der Waals surface area (Å²) >= 11 is 7.51. The lowest BCUT2D eigenvalue weighted by Gasteiger charge is -2.19. The van der Waals surface area contributed by atoms with Crippen LogP contribution in [0.1, 0.15) is 21.8 Å². The van der Waals surface area contributed by atoms with E-state index >= 15 is 0 Å². The van der Waals surface area contributed by atoms with E-state index in [1.54, 1.807) is 0 Å². The van der Waals surface area contributed by atoms with Gasteiger partial charge in [0.25, 0.3) is 5.91 Å². The van der Waals surface area contributed by atoms with Crippen LogP contribution in [-0.4, -0.2) is 53.9 Å². The van der Waals surface area contributed by atoms with Gasteiger partial charge in [-0.3, -0.25) is 4.79 Å². The van der Waals surface area contributed by atoms with E-state index in [0.29, 0.717) is 5.02 Å². The standard InChI is InChI=1S/C17H20ClN3OS/c1-12-15(17(22)21-8-4-7-20(2)9-10-21)23-16(19-12)13-5-3-6-14(18)11-13/h3,5-6,11H,4,7-10H2,1-2H3. The Morgan fingerprint density at radius 1 is 1.26 bits per heavy atom. The molecule has 122 valence electrons. The van der Waals surface area contributed by atoms with Gasteiger partial charge in [0, 0.05) is 30.2 Å². The minimum absolute atomic E-state index is 0.101. The summed E-state index contributed by atoms with van der Waals surface area (Å²) < 4.78 is 0. The second-order valence-electron chi connectivity index (χ2n) is 5.89. The van der Waals surface area contributed by atoms with Crippen molar-refractivity contribution in [2.75, 3.05) is 33.2 Å². The SMILES string of the molecule is Cc1nc(-c2cccc(Cl)c2)sc1C(=O)N1CCCN(C)CC1. The number of carbonyl (C=O) groups excluding carboxylic acids is 1. The predicted octanol–water partition coefficient (Wildman–Crippen LogP) is 3.55. The molecule has 2 aromatic rings. The van der Waals surface area contributed by atoms with Gasteiger partial charge in [0.15, 0.2) is 0 Å². The fourth-order valence-corrected chi connectivity index (χ4v) is 3.95.